The molecule has 1 N–H and O–H groups in total. The highest BCUT2D eigenvalue weighted by molar-refractivity contribution is 6.32. The molecule has 0 unspecified atom stereocenters. The Kier molecular flexibility index (Phi) is 5.19. The lowest BCUT2D eigenvalue weighted by Crippen LogP contribution is -2.17. The summed E-state index contributed by atoms with van der Waals surface area (Å²) in [6, 6.07) is 12.7. The topological polar surface area (TPSA) is 83.8 Å². The van der Waals surface area contributed by atoms with E-state index in [1.807, 2.05) is 6.07 Å². The standard InChI is InChI=1S/C17H10ClF3N4O2/c18-13-5-4-10(6-15(13)27-17(19,20)21)9-26-12-3-1-2-11(7-12)16-14(8-22)23-25-24-16/h1-7H,9H2,(H,23,24,25). The van der Waals surface area contributed by atoms with Crippen LogP contribution in [0.25, 0.3) is 11.3 Å². The SMILES string of the molecule is N#Cc1[nH]nnc1-c1cccc(OCc2ccc(Cl)c(OC(F)(F)F)c2)c1. The van der Waals surface area contributed by atoms with E-state index in [0.29, 0.717) is 22.6 Å². The lowest BCUT2D eigenvalue weighted by Gasteiger charge is -2.12. The van der Waals surface area contributed by atoms with Crippen molar-refractivity contribution in [1.82, 2.24) is 15.4 Å². The quantitative estimate of drug-likeness (QED) is 0.690. The van der Waals surface area contributed by atoms with E-state index in [4.69, 9.17) is 21.6 Å². The van der Waals surface area contributed by atoms with Crippen LogP contribution < -0.4 is 9.47 Å². The molecule has 0 atom stereocenters. The molecule has 0 fully saturated rings. The highest BCUT2D eigenvalue weighted by Crippen LogP contribution is 2.31. The molecule has 3 aromatic rings. The summed E-state index contributed by atoms with van der Waals surface area (Å²) in [6.07, 6.45) is -4.84. The zero-order chi connectivity index (χ0) is 19.4. The zero-order valence-corrected chi connectivity index (χ0v) is 14.2. The van der Waals surface area contributed by atoms with Gasteiger partial charge in [0.2, 0.25) is 0 Å². The number of ether oxygens (including phenoxy) is 2. The Balaban J connectivity index is 1.75. The molecule has 10 heteroatoms. The van der Waals surface area contributed by atoms with Crippen LogP contribution in [-0.2, 0) is 6.61 Å². The van der Waals surface area contributed by atoms with Gasteiger partial charge in [-0.05, 0) is 29.8 Å². The van der Waals surface area contributed by atoms with E-state index < -0.39 is 12.1 Å². The third-order valence-electron chi connectivity index (χ3n) is 3.39. The van der Waals surface area contributed by atoms with E-state index in [2.05, 4.69) is 20.1 Å². The first-order valence-electron chi connectivity index (χ1n) is 7.44. The first kappa shape index (κ1) is 18.5. The van der Waals surface area contributed by atoms with Gasteiger partial charge in [0.1, 0.15) is 29.9 Å². The van der Waals surface area contributed by atoms with Crippen LogP contribution in [-0.4, -0.2) is 21.8 Å². The van der Waals surface area contributed by atoms with Crippen molar-refractivity contribution in [1.29, 1.82) is 5.26 Å². The number of rotatable bonds is 5. The Morgan fingerprint density at radius 3 is 2.74 bits per heavy atom. The van der Waals surface area contributed by atoms with Gasteiger partial charge in [-0.25, -0.2) is 5.10 Å². The first-order chi connectivity index (χ1) is 12.9. The summed E-state index contributed by atoms with van der Waals surface area (Å²) in [5.74, 6) is -0.0621. The molecule has 3 rings (SSSR count). The number of aromatic amines is 1. The number of hydrogen-bond donors (Lipinski definition) is 1. The Morgan fingerprint density at radius 2 is 2.00 bits per heavy atom. The van der Waals surface area contributed by atoms with Crippen LogP contribution in [0.4, 0.5) is 13.2 Å². The van der Waals surface area contributed by atoms with Gasteiger partial charge < -0.3 is 9.47 Å². The summed E-state index contributed by atoms with van der Waals surface area (Å²) in [6.45, 7) is -0.0151. The number of nitrogens with zero attached hydrogens (tertiary/aromatic N) is 3. The number of hydrogen-bond acceptors (Lipinski definition) is 5. The molecule has 0 aliphatic rings. The molecular weight excluding hydrogens is 385 g/mol. The Labute approximate surface area is 156 Å². The molecule has 6 nitrogen and oxygen atoms in total. The van der Waals surface area contributed by atoms with E-state index in [1.54, 1.807) is 24.3 Å². The number of alkyl halides is 3. The normalized spacial score (nSPS) is 11.1. The largest absolute Gasteiger partial charge is 0.573 e. The summed E-state index contributed by atoms with van der Waals surface area (Å²) in [4.78, 5) is 0. The molecule has 0 radical (unpaired) electrons. The Bertz CT molecular complexity index is 998. The molecule has 1 heterocycles. The Hall–Kier alpha value is -3.25. The van der Waals surface area contributed by atoms with Crippen LogP contribution >= 0.6 is 11.6 Å². The number of nitrogens with one attached hydrogen (secondary N) is 1. The average Bonchev–Trinajstić information content (AvgIpc) is 3.10. The van der Waals surface area contributed by atoms with Crippen LogP contribution in [0, 0.1) is 11.3 Å². The highest BCUT2D eigenvalue weighted by Gasteiger charge is 2.32. The van der Waals surface area contributed by atoms with Crippen LogP contribution in [0.15, 0.2) is 42.5 Å². The van der Waals surface area contributed by atoms with Crippen LogP contribution in [0.5, 0.6) is 11.5 Å². The molecule has 0 bridgehead atoms. The van der Waals surface area contributed by atoms with Gasteiger partial charge in [0, 0.05) is 5.56 Å². The third kappa shape index (κ3) is 4.68. The van der Waals surface area contributed by atoms with Crippen LogP contribution in [0.2, 0.25) is 5.02 Å². The maximum atomic E-state index is 12.4. The smallest absolute Gasteiger partial charge is 0.489 e. The van der Waals surface area contributed by atoms with Crippen molar-refractivity contribution in [2.45, 2.75) is 13.0 Å². The minimum atomic E-state index is -4.84. The lowest BCUT2D eigenvalue weighted by atomic mass is 10.1. The van der Waals surface area contributed by atoms with E-state index in [0.717, 1.165) is 6.07 Å². The van der Waals surface area contributed by atoms with Gasteiger partial charge in [0.25, 0.3) is 0 Å². The predicted octanol–water partition coefficient (Wildman–Crippen LogP) is 4.47. The van der Waals surface area contributed by atoms with Crippen LogP contribution in [0.3, 0.4) is 0 Å². The molecule has 27 heavy (non-hydrogen) atoms. The van der Waals surface area contributed by atoms with Crippen molar-refractivity contribution in [3.63, 3.8) is 0 Å². The minimum Gasteiger partial charge on any atom is -0.489 e. The van der Waals surface area contributed by atoms with Crippen molar-refractivity contribution in [3.8, 4) is 28.8 Å². The van der Waals surface area contributed by atoms with Gasteiger partial charge >= 0.3 is 6.36 Å². The van der Waals surface area contributed by atoms with Crippen LogP contribution in [0.1, 0.15) is 11.3 Å². The fourth-order valence-electron chi connectivity index (χ4n) is 2.25. The molecule has 0 aliphatic carbocycles. The lowest BCUT2D eigenvalue weighted by molar-refractivity contribution is -0.274. The summed E-state index contributed by atoms with van der Waals surface area (Å²) < 4.78 is 46.7. The van der Waals surface area contributed by atoms with Crippen molar-refractivity contribution in [2.75, 3.05) is 0 Å². The van der Waals surface area contributed by atoms with E-state index in [9.17, 15) is 13.2 Å². The first-order valence-corrected chi connectivity index (χ1v) is 7.82. The number of nitriles is 1. The molecule has 0 amide bonds. The Morgan fingerprint density at radius 1 is 1.19 bits per heavy atom. The number of aromatic nitrogens is 3. The van der Waals surface area contributed by atoms with E-state index >= 15 is 0 Å². The van der Waals surface area contributed by atoms with Crippen molar-refractivity contribution in [3.05, 3.63) is 58.7 Å². The maximum Gasteiger partial charge on any atom is 0.573 e. The fourth-order valence-corrected chi connectivity index (χ4v) is 2.40. The van der Waals surface area contributed by atoms with Crippen molar-refractivity contribution < 1.29 is 22.6 Å². The second-order valence-corrected chi connectivity index (χ2v) is 5.68. The van der Waals surface area contributed by atoms with Gasteiger partial charge in [-0.15, -0.1) is 18.3 Å². The second kappa shape index (κ2) is 7.55. The molecule has 138 valence electrons. The maximum absolute atomic E-state index is 12.4. The predicted molar refractivity (Wildman–Crippen MR) is 89.0 cm³/mol. The monoisotopic (exact) mass is 394 g/mol. The van der Waals surface area contributed by atoms with E-state index in [1.165, 1.54) is 12.1 Å². The fraction of sp³-hybridized carbons (Fsp3) is 0.118. The molecule has 0 aliphatic heterocycles. The summed E-state index contributed by atoms with van der Waals surface area (Å²) in [5.41, 5.74) is 1.62. The van der Waals surface area contributed by atoms with Gasteiger partial charge in [-0.3, -0.25) is 0 Å². The van der Waals surface area contributed by atoms with E-state index in [-0.39, 0.29) is 17.3 Å². The summed E-state index contributed by atoms with van der Waals surface area (Å²) in [7, 11) is 0. The summed E-state index contributed by atoms with van der Waals surface area (Å²) >= 11 is 5.72. The summed E-state index contributed by atoms with van der Waals surface area (Å²) in [5, 5.41) is 18.8. The van der Waals surface area contributed by atoms with Gasteiger partial charge in [0.15, 0.2) is 5.69 Å². The number of halogens is 4. The molecule has 1 aromatic heterocycles. The third-order valence-corrected chi connectivity index (χ3v) is 3.71. The molecular formula is C17H10ClF3N4O2. The van der Waals surface area contributed by atoms with Crippen molar-refractivity contribution >= 4 is 11.6 Å². The molecule has 0 saturated heterocycles. The zero-order valence-electron chi connectivity index (χ0n) is 13.4. The van der Waals surface area contributed by atoms with Gasteiger partial charge in [0.05, 0.1) is 5.02 Å². The molecule has 0 spiro atoms. The number of H-pyrrole nitrogens is 1. The highest BCUT2D eigenvalue weighted by atomic mass is 35.5. The molecule has 0 saturated carbocycles. The average molecular weight is 395 g/mol. The van der Waals surface area contributed by atoms with Gasteiger partial charge in [-0.1, -0.05) is 35.0 Å². The van der Waals surface area contributed by atoms with Gasteiger partial charge in [-0.2, -0.15) is 5.26 Å². The van der Waals surface area contributed by atoms with Crippen molar-refractivity contribution in [2.24, 2.45) is 0 Å². The minimum absolute atomic E-state index is 0.0151. The molecule has 2 aromatic carbocycles. The number of benzene rings is 2. The second-order valence-electron chi connectivity index (χ2n) is 5.28.